The molecule has 0 saturated heterocycles. The first-order valence-electron chi connectivity index (χ1n) is 5.72. The first kappa shape index (κ1) is 13.1. The van der Waals surface area contributed by atoms with Crippen LogP contribution in [0.3, 0.4) is 0 Å². The minimum Gasteiger partial charge on any atom is -0.505 e. The molecule has 0 unspecified atom stereocenters. The molecule has 0 aliphatic carbocycles. The predicted molar refractivity (Wildman–Crippen MR) is 70.2 cm³/mol. The van der Waals surface area contributed by atoms with Gasteiger partial charge in [-0.1, -0.05) is 30.8 Å². The Hall–Kier alpha value is -2.36. The average molecular weight is 260 g/mol. The zero-order chi connectivity index (χ0) is 14.0. The SMILES string of the molecule is C=C(C)C(=O)OCc1cc2ccccc2c(F)c1O. The van der Waals surface area contributed by atoms with E-state index < -0.39 is 17.5 Å². The van der Waals surface area contributed by atoms with Gasteiger partial charge in [-0.3, -0.25) is 0 Å². The van der Waals surface area contributed by atoms with E-state index in [0.29, 0.717) is 10.8 Å². The standard InChI is InChI=1S/C15H13FO3/c1-9(2)15(18)19-8-11-7-10-5-3-4-6-12(10)13(16)14(11)17/h3-7,17H,1,8H2,2H3. The van der Waals surface area contributed by atoms with Gasteiger partial charge in [0, 0.05) is 16.5 Å². The second-order valence-corrected chi connectivity index (χ2v) is 4.28. The molecule has 0 radical (unpaired) electrons. The van der Waals surface area contributed by atoms with Gasteiger partial charge in [0.15, 0.2) is 11.6 Å². The summed E-state index contributed by atoms with van der Waals surface area (Å²) >= 11 is 0. The number of hydrogen-bond acceptors (Lipinski definition) is 3. The number of carbonyl (C=O) groups excluding carboxylic acids is 1. The van der Waals surface area contributed by atoms with Crippen LogP contribution in [0.2, 0.25) is 0 Å². The zero-order valence-corrected chi connectivity index (χ0v) is 10.4. The van der Waals surface area contributed by atoms with Crippen molar-refractivity contribution in [1.82, 2.24) is 0 Å². The molecule has 2 rings (SSSR count). The lowest BCUT2D eigenvalue weighted by atomic mass is 10.1. The molecule has 4 heteroatoms. The summed E-state index contributed by atoms with van der Waals surface area (Å²) in [5.74, 6) is -1.78. The molecule has 0 amide bonds. The number of aromatic hydroxyl groups is 1. The molecular weight excluding hydrogens is 247 g/mol. The van der Waals surface area contributed by atoms with Crippen LogP contribution >= 0.6 is 0 Å². The van der Waals surface area contributed by atoms with Crippen LogP contribution in [-0.4, -0.2) is 11.1 Å². The Morgan fingerprint density at radius 1 is 1.42 bits per heavy atom. The number of rotatable bonds is 3. The molecule has 98 valence electrons. The summed E-state index contributed by atoms with van der Waals surface area (Å²) in [5, 5.41) is 10.7. The summed E-state index contributed by atoms with van der Waals surface area (Å²) in [4.78, 5) is 11.3. The largest absolute Gasteiger partial charge is 0.505 e. The zero-order valence-electron chi connectivity index (χ0n) is 10.4. The topological polar surface area (TPSA) is 46.5 Å². The number of carbonyl (C=O) groups is 1. The summed E-state index contributed by atoms with van der Waals surface area (Å²) in [6.07, 6.45) is 0. The molecule has 0 bridgehead atoms. The van der Waals surface area contributed by atoms with Gasteiger partial charge in [-0.15, -0.1) is 0 Å². The molecule has 0 spiro atoms. The maximum atomic E-state index is 13.9. The van der Waals surface area contributed by atoms with E-state index >= 15 is 0 Å². The van der Waals surface area contributed by atoms with E-state index in [2.05, 4.69) is 6.58 Å². The van der Waals surface area contributed by atoms with Crippen molar-refractivity contribution in [2.24, 2.45) is 0 Å². The van der Waals surface area contributed by atoms with Gasteiger partial charge in [0.25, 0.3) is 0 Å². The molecule has 3 nitrogen and oxygen atoms in total. The molecule has 2 aromatic rings. The molecule has 0 atom stereocenters. The first-order chi connectivity index (χ1) is 9.00. The third-order valence-electron chi connectivity index (χ3n) is 2.75. The van der Waals surface area contributed by atoms with E-state index in [4.69, 9.17) is 4.74 Å². The fraction of sp³-hybridized carbons (Fsp3) is 0.133. The van der Waals surface area contributed by atoms with Crippen LogP contribution in [0.4, 0.5) is 4.39 Å². The van der Waals surface area contributed by atoms with Crippen LogP contribution in [0.5, 0.6) is 5.75 Å². The Morgan fingerprint density at radius 2 is 2.11 bits per heavy atom. The highest BCUT2D eigenvalue weighted by Gasteiger charge is 2.14. The number of hydrogen-bond donors (Lipinski definition) is 1. The van der Waals surface area contributed by atoms with Gasteiger partial charge < -0.3 is 9.84 Å². The van der Waals surface area contributed by atoms with Crippen LogP contribution < -0.4 is 0 Å². The highest BCUT2D eigenvalue weighted by molar-refractivity contribution is 5.87. The predicted octanol–water partition coefficient (Wildman–Crippen LogP) is 3.30. The van der Waals surface area contributed by atoms with E-state index in [0.717, 1.165) is 0 Å². The van der Waals surface area contributed by atoms with Crippen LogP contribution in [0.1, 0.15) is 12.5 Å². The van der Waals surface area contributed by atoms with Gasteiger partial charge in [0.2, 0.25) is 0 Å². The summed E-state index contributed by atoms with van der Waals surface area (Å²) in [7, 11) is 0. The first-order valence-corrected chi connectivity index (χ1v) is 5.72. The van der Waals surface area contributed by atoms with Crippen LogP contribution in [0, 0.1) is 5.82 Å². The third kappa shape index (κ3) is 2.57. The number of benzene rings is 2. The molecule has 0 fully saturated rings. The molecule has 0 aliphatic heterocycles. The number of halogens is 1. The van der Waals surface area contributed by atoms with Crippen molar-refractivity contribution in [3.8, 4) is 5.75 Å². The highest BCUT2D eigenvalue weighted by atomic mass is 19.1. The Bertz CT molecular complexity index is 662. The van der Waals surface area contributed by atoms with Crippen molar-refractivity contribution in [2.75, 3.05) is 0 Å². The monoisotopic (exact) mass is 260 g/mol. The Labute approximate surface area is 109 Å². The summed E-state index contributed by atoms with van der Waals surface area (Å²) < 4.78 is 18.8. The second-order valence-electron chi connectivity index (χ2n) is 4.28. The van der Waals surface area contributed by atoms with Gasteiger partial charge in [0.05, 0.1) is 0 Å². The molecule has 0 aromatic heterocycles. The van der Waals surface area contributed by atoms with Crippen molar-refractivity contribution < 1.29 is 19.0 Å². The number of phenolic OH excluding ortho intramolecular Hbond substituents is 1. The smallest absolute Gasteiger partial charge is 0.333 e. The number of fused-ring (bicyclic) bond motifs is 1. The highest BCUT2D eigenvalue weighted by Crippen LogP contribution is 2.30. The van der Waals surface area contributed by atoms with Crippen molar-refractivity contribution in [2.45, 2.75) is 13.5 Å². The Balaban J connectivity index is 2.36. The quantitative estimate of drug-likeness (QED) is 0.680. The van der Waals surface area contributed by atoms with Gasteiger partial charge >= 0.3 is 5.97 Å². The summed E-state index contributed by atoms with van der Waals surface area (Å²) in [6, 6.07) is 8.35. The van der Waals surface area contributed by atoms with Gasteiger partial charge in [-0.25, -0.2) is 9.18 Å². The molecular formula is C15H13FO3. The van der Waals surface area contributed by atoms with Crippen LogP contribution in [0.25, 0.3) is 10.8 Å². The lowest BCUT2D eigenvalue weighted by Gasteiger charge is -2.09. The van der Waals surface area contributed by atoms with Gasteiger partial charge in [-0.2, -0.15) is 0 Å². The normalized spacial score (nSPS) is 10.4. The van der Waals surface area contributed by atoms with Crippen LogP contribution in [-0.2, 0) is 16.1 Å². The minimum absolute atomic E-state index is 0.195. The maximum Gasteiger partial charge on any atom is 0.333 e. The number of esters is 1. The Kier molecular flexibility index (Phi) is 3.51. The van der Waals surface area contributed by atoms with Gasteiger partial charge in [0.1, 0.15) is 6.61 Å². The molecule has 2 aromatic carbocycles. The maximum absolute atomic E-state index is 13.9. The minimum atomic E-state index is -0.709. The fourth-order valence-electron chi connectivity index (χ4n) is 1.72. The van der Waals surface area contributed by atoms with E-state index in [1.165, 1.54) is 6.92 Å². The molecule has 0 aliphatic rings. The molecule has 0 saturated carbocycles. The van der Waals surface area contributed by atoms with E-state index in [9.17, 15) is 14.3 Å². The number of phenols is 1. The van der Waals surface area contributed by atoms with Gasteiger partial charge in [-0.05, 0) is 18.4 Å². The van der Waals surface area contributed by atoms with Crippen molar-refractivity contribution in [3.63, 3.8) is 0 Å². The van der Waals surface area contributed by atoms with Crippen molar-refractivity contribution in [3.05, 3.63) is 53.9 Å². The average Bonchev–Trinajstić information content (AvgIpc) is 2.40. The van der Waals surface area contributed by atoms with Crippen molar-refractivity contribution >= 4 is 16.7 Å². The summed E-state index contributed by atoms with van der Waals surface area (Å²) in [5.41, 5.74) is 0.478. The fourth-order valence-corrected chi connectivity index (χ4v) is 1.72. The lowest BCUT2D eigenvalue weighted by molar-refractivity contribution is -0.140. The molecule has 19 heavy (non-hydrogen) atoms. The third-order valence-corrected chi connectivity index (χ3v) is 2.75. The summed E-state index contributed by atoms with van der Waals surface area (Å²) in [6.45, 7) is 4.77. The Morgan fingerprint density at radius 3 is 2.79 bits per heavy atom. The second kappa shape index (κ2) is 5.10. The van der Waals surface area contributed by atoms with E-state index in [-0.39, 0.29) is 17.7 Å². The lowest BCUT2D eigenvalue weighted by Crippen LogP contribution is -2.05. The van der Waals surface area contributed by atoms with E-state index in [1.54, 1.807) is 30.3 Å². The molecule has 1 N–H and O–H groups in total. The number of ether oxygens (including phenoxy) is 1. The van der Waals surface area contributed by atoms with Crippen molar-refractivity contribution in [1.29, 1.82) is 0 Å². The van der Waals surface area contributed by atoms with E-state index in [1.807, 2.05) is 0 Å². The molecule has 0 heterocycles. The van der Waals surface area contributed by atoms with Crippen LogP contribution in [0.15, 0.2) is 42.5 Å².